The fraction of sp³-hybridized carbons (Fsp3) is 0.917. The molecule has 2 nitrogen and oxygen atoms in total. The number of aldehydes is 1. The van der Waals surface area contributed by atoms with Crippen molar-refractivity contribution in [2.24, 2.45) is 11.3 Å². The van der Waals surface area contributed by atoms with E-state index in [4.69, 9.17) is 4.74 Å². The summed E-state index contributed by atoms with van der Waals surface area (Å²) in [5.74, 6) is 0.611. The maximum absolute atomic E-state index is 10.4. The fourth-order valence-corrected chi connectivity index (χ4v) is 1.97. The van der Waals surface area contributed by atoms with Crippen LogP contribution in [0.1, 0.15) is 47.0 Å². The summed E-state index contributed by atoms with van der Waals surface area (Å²) in [6.07, 6.45) is 3.71. The van der Waals surface area contributed by atoms with E-state index in [0.717, 1.165) is 12.7 Å². The lowest BCUT2D eigenvalue weighted by molar-refractivity contribution is -0.110. The number of carbonyl (C=O) groups is 1. The minimum atomic E-state index is 0.102. The van der Waals surface area contributed by atoms with E-state index in [2.05, 4.69) is 27.7 Å². The van der Waals surface area contributed by atoms with Crippen molar-refractivity contribution in [3.05, 3.63) is 0 Å². The molecule has 2 atom stereocenters. The van der Waals surface area contributed by atoms with Crippen molar-refractivity contribution in [2.75, 3.05) is 7.11 Å². The van der Waals surface area contributed by atoms with E-state index in [1.807, 2.05) is 0 Å². The third kappa shape index (κ3) is 7.07. The third-order valence-corrected chi connectivity index (χ3v) is 2.32. The molecule has 84 valence electrons. The highest BCUT2D eigenvalue weighted by atomic mass is 16.5. The molecule has 0 radical (unpaired) electrons. The molecule has 0 rings (SSSR count). The lowest BCUT2D eigenvalue weighted by Crippen LogP contribution is -2.19. The minimum absolute atomic E-state index is 0.102. The first-order valence-corrected chi connectivity index (χ1v) is 5.35. The quantitative estimate of drug-likeness (QED) is 0.616. The molecule has 0 saturated carbocycles. The Morgan fingerprint density at radius 3 is 2.29 bits per heavy atom. The Bertz CT molecular complexity index is 158. The van der Waals surface area contributed by atoms with Gasteiger partial charge in [-0.15, -0.1) is 0 Å². The van der Waals surface area contributed by atoms with Gasteiger partial charge >= 0.3 is 0 Å². The summed E-state index contributed by atoms with van der Waals surface area (Å²) >= 11 is 0. The Kier molecular flexibility index (Phi) is 6.01. The van der Waals surface area contributed by atoms with E-state index in [-0.39, 0.29) is 6.10 Å². The van der Waals surface area contributed by atoms with Crippen LogP contribution in [-0.4, -0.2) is 19.5 Å². The molecule has 0 aliphatic carbocycles. The number of hydrogen-bond acceptors (Lipinski definition) is 2. The second-order valence-corrected chi connectivity index (χ2v) is 5.37. The predicted molar refractivity (Wildman–Crippen MR) is 59.3 cm³/mol. The Balaban J connectivity index is 3.89. The topological polar surface area (TPSA) is 26.3 Å². The van der Waals surface area contributed by atoms with Crippen LogP contribution in [0.15, 0.2) is 0 Å². The summed E-state index contributed by atoms with van der Waals surface area (Å²) in [5, 5.41) is 0. The highest BCUT2D eigenvalue weighted by Gasteiger charge is 2.18. The van der Waals surface area contributed by atoms with E-state index in [1.165, 1.54) is 6.42 Å². The van der Waals surface area contributed by atoms with E-state index in [9.17, 15) is 4.79 Å². The number of hydrogen-bond donors (Lipinski definition) is 0. The summed E-state index contributed by atoms with van der Waals surface area (Å²) in [4.78, 5) is 10.4. The molecule has 2 heteroatoms. The van der Waals surface area contributed by atoms with Crippen LogP contribution in [0.4, 0.5) is 0 Å². The van der Waals surface area contributed by atoms with Gasteiger partial charge in [-0.1, -0.05) is 27.7 Å². The van der Waals surface area contributed by atoms with Gasteiger partial charge in [-0.3, -0.25) is 0 Å². The molecular formula is C12H24O2. The standard InChI is InChI=1S/C12H24O2/c1-10(9-12(2,3)4)8-11(14-5)6-7-13/h7,10-11H,6,8-9H2,1-5H3/t10-,11-/m1/s1. The smallest absolute Gasteiger partial charge is 0.122 e. The zero-order chi connectivity index (χ0) is 11.2. The zero-order valence-electron chi connectivity index (χ0n) is 10.2. The molecule has 0 aliphatic heterocycles. The Labute approximate surface area is 88.0 Å². The van der Waals surface area contributed by atoms with Crippen molar-refractivity contribution in [3.8, 4) is 0 Å². The zero-order valence-corrected chi connectivity index (χ0v) is 10.2. The van der Waals surface area contributed by atoms with Crippen LogP contribution in [0.5, 0.6) is 0 Å². The molecule has 0 aliphatic rings. The van der Waals surface area contributed by atoms with Crippen molar-refractivity contribution in [3.63, 3.8) is 0 Å². The normalized spacial score (nSPS) is 16.4. The van der Waals surface area contributed by atoms with Crippen LogP contribution in [-0.2, 0) is 9.53 Å². The minimum Gasteiger partial charge on any atom is -0.381 e. The van der Waals surface area contributed by atoms with Crippen LogP contribution in [0.3, 0.4) is 0 Å². The summed E-state index contributed by atoms with van der Waals surface area (Å²) in [6, 6.07) is 0. The highest BCUT2D eigenvalue weighted by molar-refractivity contribution is 5.50. The van der Waals surface area contributed by atoms with Crippen molar-refractivity contribution in [2.45, 2.75) is 53.1 Å². The lowest BCUT2D eigenvalue weighted by atomic mass is 9.83. The third-order valence-electron chi connectivity index (χ3n) is 2.32. The fourth-order valence-electron chi connectivity index (χ4n) is 1.97. The number of ether oxygens (including phenoxy) is 1. The van der Waals surface area contributed by atoms with Gasteiger partial charge in [-0.05, 0) is 24.2 Å². The number of methoxy groups -OCH3 is 1. The number of rotatable bonds is 6. The highest BCUT2D eigenvalue weighted by Crippen LogP contribution is 2.27. The Hall–Kier alpha value is -0.370. The Morgan fingerprint density at radius 2 is 1.93 bits per heavy atom. The summed E-state index contributed by atoms with van der Waals surface area (Å²) in [7, 11) is 1.68. The SMILES string of the molecule is CO[C@H](CC=O)C[C@@H](C)CC(C)(C)C. The van der Waals surface area contributed by atoms with Crippen molar-refractivity contribution < 1.29 is 9.53 Å². The van der Waals surface area contributed by atoms with Gasteiger partial charge in [0.2, 0.25) is 0 Å². The van der Waals surface area contributed by atoms with Gasteiger partial charge in [0.15, 0.2) is 0 Å². The molecule has 0 spiro atoms. The van der Waals surface area contributed by atoms with Gasteiger partial charge in [0.1, 0.15) is 6.29 Å². The summed E-state index contributed by atoms with van der Waals surface area (Å²) in [6.45, 7) is 8.95. The van der Waals surface area contributed by atoms with Crippen LogP contribution in [0, 0.1) is 11.3 Å². The largest absolute Gasteiger partial charge is 0.381 e. The molecule has 0 N–H and O–H groups in total. The molecule has 0 aromatic rings. The second-order valence-electron chi connectivity index (χ2n) is 5.37. The van der Waals surface area contributed by atoms with Crippen LogP contribution >= 0.6 is 0 Å². The monoisotopic (exact) mass is 200 g/mol. The van der Waals surface area contributed by atoms with Gasteiger partial charge in [-0.2, -0.15) is 0 Å². The van der Waals surface area contributed by atoms with Crippen LogP contribution in [0.2, 0.25) is 0 Å². The maximum atomic E-state index is 10.4. The lowest BCUT2D eigenvalue weighted by Gasteiger charge is -2.25. The average Bonchev–Trinajstić information content (AvgIpc) is 2.00. The molecule has 0 unspecified atom stereocenters. The summed E-state index contributed by atoms with van der Waals surface area (Å²) in [5.41, 5.74) is 0.360. The molecule has 0 bridgehead atoms. The molecule has 0 heterocycles. The van der Waals surface area contributed by atoms with Gasteiger partial charge < -0.3 is 9.53 Å². The predicted octanol–water partition coefficient (Wildman–Crippen LogP) is 3.05. The molecule has 14 heavy (non-hydrogen) atoms. The summed E-state index contributed by atoms with van der Waals surface area (Å²) < 4.78 is 5.24. The van der Waals surface area contributed by atoms with Gasteiger partial charge in [0.25, 0.3) is 0 Å². The average molecular weight is 200 g/mol. The van der Waals surface area contributed by atoms with Crippen molar-refractivity contribution in [1.82, 2.24) is 0 Å². The van der Waals surface area contributed by atoms with Crippen LogP contribution < -0.4 is 0 Å². The van der Waals surface area contributed by atoms with E-state index >= 15 is 0 Å². The van der Waals surface area contributed by atoms with Gasteiger partial charge in [0, 0.05) is 13.5 Å². The first kappa shape index (κ1) is 13.6. The number of carbonyl (C=O) groups excluding carboxylic acids is 1. The maximum Gasteiger partial charge on any atom is 0.122 e. The molecule has 0 fully saturated rings. The molecular weight excluding hydrogens is 176 g/mol. The van der Waals surface area contributed by atoms with Gasteiger partial charge in [0.05, 0.1) is 6.10 Å². The first-order chi connectivity index (χ1) is 6.39. The molecule has 0 saturated heterocycles. The Morgan fingerprint density at radius 1 is 1.36 bits per heavy atom. The molecule has 0 aromatic heterocycles. The molecule has 0 amide bonds. The van der Waals surface area contributed by atoms with Crippen molar-refractivity contribution in [1.29, 1.82) is 0 Å². The van der Waals surface area contributed by atoms with Crippen LogP contribution in [0.25, 0.3) is 0 Å². The second kappa shape index (κ2) is 6.18. The first-order valence-electron chi connectivity index (χ1n) is 5.35. The van der Waals surface area contributed by atoms with Gasteiger partial charge in [-0.25, -0.2) is 0 Å². The van der Waals surface area contributed by atoms with E-state index in [0.29, 0.717) is 17.8 Å². The van der Waals surface area contributed by atoms with E-state index in [1.54, 1.807) is 7.11 Å². The molecule has 0 aromatic carbocycles. The van der Waals surface area contributed by atoms with E-state index < -0.39 is 0 Å². The van der Waals surface area contributed by atoms with Crippen molar-refractivity contribution >= 4 is 6.29 Å².